The van der Waals surface area contributed by atoms with E-state index in [0.717, 1.165) is 6.07 Å². The molecular formula is C12H8F2N2O2S. The fraction of sp³-hybridized carbons (Fsp3) is 0. The van der Waals surface area contributed by atoms with Crippen LogP contribution in [0.1, 0.15) is 20.0 Å². The maximum atomic E-state index is 13.5. The summed E-state index contributed by atoms with van der Waals surface area (Å²) in [7, 11) is 0. The van der Waals surface area contributed by atoms with Gasteiger partial charge in [-0.1, -0.05) is 6.07 Å². The smallest absolute Gasteiger partial charge is 0.265 e. The molecule has 1 aromatic carbocycles. The fourth-order valence-electron chi connectivity index (χ4n) is 1.43. The molecule has 0 aliphatic carbocycles. The molecular weight excluding hydrogens is 274 g/mol. The minimum Gasteiger partial charge on any atom is -0.366 e. The van der Waals surface area contributed by atoms with Crippen molar-refractivity contribution in [2.24, 2.45) is 5.73 Å². The molecule has 0 unspecified atom stereocenters. The molecule has 0 saturated carbocycles. The van der Waals surface area contributed by atoms with E-state index in [1.54, 1.807) is 17.5 Å². The van der Waals surface area contributed by atoms with Gasteiger partial charge in [-0.05, 0) is 17.5 Å². The third-order valence-electron chi connectivity index (χ3n) is 2.32. The Hall–Kier alpha value is -2.28. The Kier molecular flexibility index (Phi) is 3.57. The minimum absolute atomic E-state index is 0.298. The molecule has 0 atom stereocenters. The zero-order valence-corrected chi connectivity index (χ0v) is 10.3. The molecule has 0 aliphatic rings. The molecule has 19 heavy (non-hydrogen) atoms. The van der Waals surface area contributed by atoms with Gasteiger partial charge in [0, 0.05) is 6.07 Å². The Morgan fingerprint density at radius 3 is 2.53 bits per heavy atom. The SMILES string of the molecule is NC(=O)c1cc(NC(=O)c2cccs2)c(F)cc1F. The number of hydrogen-bond donors (Lipinski definition) is 2. The van der Waals surface area contributed by atoms with E-state index < -0.39 is 29.0 Å². The summed E-state index contributed by atoms with van der Waals surface area (Å²) < 4.78 is 26.7. The van der Waals surface area contributed by atoms with E-state index >= 15 is 0 Å². The van der Waals surface area contributed by atoms with Crippen LogP contribution in [0.3, 0.4) is 0 Å². The topological polar surface area (TPSA) is 72.2 Å². The van der Waals surface area contributed by atoms with Gasteiger partial charge in [0.1, 0.15) is 11.6 Å². The molecule has 1 heterocycles. The van der Waals surface area contributed by atoms with E-state index in [2.05, 4.69) is 5.32 Å². The Morgan fingerprint density at radius 1 is 1.21 bits per heavy atom. The number of nitrogens with two attached hydrogens (primary N) is 1. The number of benzene rings is 1. The maximum Gasteiger partial charge on any atom is 0.265 e. The number of nitrogens with one attached hydrogen (secondary N) is 1. The summed E-state index contributed by atoms with van der Waals surface area (Å²) in [6, 6.07) is 4.59. The summed E-state index contributed by atoms with van der Waals surface area (Å²) >= 11 is 1.17. The summed E-state index contributed by atoms with van der Waals surface area (Å²) in [5.74, 6) is -3.63. The molecule has 2 aromatic rings. The monoisotopic (exact) mass is 282 g/mol. The second kappa shape index (κ2) is 5.15. The van der Waals surface area contributed by atoms with Crippen molar-refractivity contribution in [2.75, 3.05) is 5.32 Å². The highest BCUT2D eigenvalue weighted by atomic mass is 32.1. The average molecular weight is 282 g/mol. The molecule has 98 valence electrons. The van der Waals surface area contributed by atoms with Crippen LogP contribution >= 0.6 is 11.3 Å². The summed E-state index contributed by atoms with van der Waals surface area (Å²) in [6.07, 6.45) is 0. The first kappa shape index (κ1) is 13.2. The number of anilines is 1. The van der Waals surface area contributed by atoms with Crippen LogP contribution in [0, 0.1) is 11.6 Å². The predicted octanol–water partition coefficient (Wildman–Crippen LogP) is 2.38. The molecule has 2 rings (SSSR count). The standard InChI is InChI=1S/C12H8F2N2O2S/c13-7-5-8(14)9(4-6(7)11(15)17)16-12(18)10-2-1-3-19-10/h1-5H,(H2,15,17)(H,16,18). The summed E-state index contributed by atoms with van der Waals surface area (Å²) in [4.78, 5) is 23.0. The van der Waals surface area contributed by atoms with Crippen LogP contribution in [0.25, 0.3) is 0 Å². The molecule has 4 nitrogen and oxygen atoms in total. The van der Waals surface area contributed by atoms with Crippen molar-refractivity contribution in [3.05, 3.63) is 51.7 Å². The molecule has 0 spiro atoms. The normalized spacial score (nSPS) is 10.2. The summed E-state index contributed by atoms with van der Waals surface area (Å²) in [6.45, 7) is 0. The van der Waals surface area contributed by atoms with Gasteiger partial charge in [0.25, 0.3) is 11.8 Å². The number of halogens is 2. The largest absolute Gasteiger partial charge is 0.366 e. The van der Waals surface area contributed by atoms with Crippen molar-refractivity contribution in [3.8, 4) is 0 Å². The minimum atomic E-state index is -1.07. The molecule has 0 saturated heterocycles. The van der Waals surface area contributed by atoms with Gasteiger partial charge < -0.3 is 11.1 Å². The first-order valence-electron chi connectivity index (χ1n) is 5.12. The van der Waals surface area contributed by atoms with Crippen LogP contribution in [0.2, 0.25) is 0 Å². The highest BCUT2D eigenvalue weighted by molar-refractivity contribution is 7.12. The number of hydrogen-bond acceptors (Lipinski definition) is 3. The number of carbonyl (C=O) groups is 2. The second-order valence-electron chi connectivity index (χ2n) is 3.61. The fourth-order valence-corrected chi connectivity index (χ4v) is 2.04. The average Bonchev–Trinajstić information content (AvgIpc) is 2.85. The Labute approximate surface area is 110 Å². The van der Waals surface area contributed by atoms with Crippen molar-refractivity contribution in [1.82, 2.24) is 0 Å². The van der Waals surface area contributed by atoms with Gasteiger partial charge in [0.05, 0.1) is 16.1 Å². The highest BCUT2D eigenvalue weighted by Gasteiger charge is 2.16. The van der Waals surface area contributed by atoms with Crippen molar-refractivity contribution in [2.45, 2.75) is 0 Å². The van der Waals surface area contributed by atoms with Gasteiger partial charge >= 0.3 is 0 Å². The number of thiophene rings is 1. The van der Waals surface area contributed by atoms with Crippen LogP contribution in [-0.4, -0.2) is 11.8 Å². The van der Waals surface area contributed by atoms with E-state index in [4.69, 9.17) is 5.73 Å². The lowest BCUT2D eigenvalue weighted by Crippen LogP contribution is -2.16. The van der Waals surface area contributed by atoms with Gasteiger partial charge in [-0.3, -0.25) is 9.59 Å². The van der Waals surface area contributed by atoms with Crippen LogP contribution in [0.15, 0.2) is 29.6 Å². The van der Waals surface area contributed by atoms with E-state index in [-0.39, 0.29) is 5.69 Å². The van der Waals surface area contributed by atoms with Crippen LogP contribution < -0.4 is 11.1 Å². The zero-order valence-electron chi connectivity index (χ0n) is 9.44. The van der Waals surface area contributed by atoms with Crippen molar-refractivity contribution in [1.29, 1.82) is 0 Å². The van der Waals surface area contributed by atoms with E-state index in [1.807, 2.05) is 0 Å². The lowest BCUT2D eigenvalue weighted by Gasteiger charge is -2.07. The summed E-state index contributed by atoms with van der Waals surface area (Å²) in [5, 5.41) is 3.94. The Bertz CT molecular complexity index is 641. The van der Waals surface area contributed by atoms with Crippen LogP contribution in [0.5, 0.6) is 0 Å². The van der Waals surface area contributed by atoms with E-state index in [9.17, 15) is 18.4 Å². The molecule has 3 N–H and O–H groups in total. The predicted molar refractivity (Wildman–Crippen MR) is 67.1 cm³/mol. The molecule has 1 aromatic heterocycles. The second-order valence-corrected chi connectivity index (χ2v) is 4.56. The van der Waals surface area contributed by atoms with Gasteiger partial charge in [-0.2, -0.15) is 0 Å². The highest BCUT2D eigenvalue weighted by Crippen LogP contribution is 2.21. The van der Waals surface area contributed by atoms with E-state index in [0.29, 0.717) is 10.9 Å². The van der Waals surface area contributed by atoms with Crippen molar-refractivity contribution in [3.63, 3.8) is 0 Å². The first-order valence-corrected chi connectivity index (χ1v) is 6.00. The Balaban J connectivity index is 2.32. The van der Waals surface area contributed by atoms with Crippen molar-refractivity contribution >= 4 is 28.8 Å². The number of primary amides is 1. The molecule has 0 aliphatic heterocycles. The van der Waals surface area contributed by atoms with E-state index in [1.165, 1.54) is 11.3 Å². The Morgan fingerprint density at radius 2 is 1.95 bits per heavy atom. The number of carbonyl (C=O) groups excluding carboxylic acids is 2. The first-order chi connectivity index (χ1) is 8.99. The molecule has 0 fully saturated rings. The van der Waals surface area contributed by atoms with Crippen LogP contribution in [-0.2, 0) is 0 Å². The van der Waals surface area contributed by atoms with Gasteiger partial charge in [0.2, 0.25) is 0 Å². The van der Waals surface area contributed by atoms with Crippen molar-refractivity contribution < 1.29 is 18.4 Å². The van der Waals surface area contributed by atoms with Gasteiger partial charge in [-0.25, -0.2) is 8.78 Å². The molecule has 0 bridgehead atoms. The lowest BCUT2D eigenvalue weighted by atomic mass is 10.1. The maximum absolute atomic E-state index is 13.5. The lowest BCUT2D eigenvalue weighted by molar-refractivity contribution is 0.0992. The molecule has 7 heteroatoms. The third-order valence-corrected chi connectivity index (χ3v) is 3.18. The number of amides is 2. The quantitative estimate of drug-likeness (QED) is 0.907. The molecule has 2 amide bonds. The molecule has 0 radical (unpaired) electrons. The third kappa shape index (κ3) is 2.76. The van der Waals surface area contributed by atoms with Gasteiger partial charge in [0.15, 0.2) is 0 Å². The zero-order chi connectivity index (χ0) is 14.0. The summed E-state index contributed by atoms with van der Waals surface area (Å²) in [5.41, 5.74) is 4.17. The van der Waals surface area contributed by atoms with Crippen LogP contribution in [0.4, 0.5) is 14.5 Å². The number of rotatable bonds is 3. The van der Waals surface area contributed by atoms with Gasteiger partial charge in [-0.15, -0.1) is 11.3 Å².